The lowest BCUT2D eigenvalue weighted by molar-refractivity contribution is -0.137. The van der Waals surface area contributed by atoms with Gasteiger partial charge >= 0.3 is 5.97 Å². The van der Waals surface area contributed by atoms with E-state index in [0.29, 0.717) is 32.6 Å². The molecule has 6 nitrogen and oxygen atoms in total. The van der Waals surface area contributed by atoms with Crippen LogP contribution in [0.3, 0.4) is 0 Å². The van der Waals surface area contributed by atoms with Gasteiger partial charge in [0.1, 0.15) is 12.3 Å². The number of carbonyl (C=O) groups is 2. The van der Waals surface area contributed by atoms with Gasteiger partial charge in [0.25, 0.3) is 5.91 Å². The van der Waals surface area contributed by atoms with E-state index in [-0.39, 0.29) is 5.71 Å². The minimum atomic E-state index is -1.19. The molecular weight excluding hydrogens is 401 g/mol. The van der Waals surface area contributed by atoms with Crippen molar-refractivity contribution >= 4 is 52.2 Å². The Morgan fingerprint density at radius 2 is 1.75 bits per heavy atom. The highest BCUT2D eigenvalue weighted by molar-refractivity contribution is 6.45. The molecule has 0 saturated carbocycles. The van der Waals surface area contributed by atoms with Crippen LogP contribution in [0.4, 0.5) is 5.69 Å². The Hall–Kier alpha value is -2.83. The fraction of sp³-hybridized carbons (Fsp3) is 0.150. The van der Waals surface area contributed by atoms with Gasteiger partial charge in [-0.05, 0) is 49.2 Å². The highest BCUT2D eigenvalue weighted by Gasteiger charge is 2.18. The standard InChI is InChI=1S/C20H19Cl2N3O3/c1-11-3-8-16(15(22)9-11)25-19(13-4-6-14(21)7-5-13)12(2)18(23)20(28)24-10-17(26)27/h3-9,23,25H,10H2,1-2H3,(H,24,28)(H,26,27)/b19-12-,23-18?. The second-order valence-electron chi connectivity index (χ2n) is 6.07. The number of carboxylic acid groups (broad SMARTS) is 1. The van der Waals surface area contributed by atoms with E-state index in [9.17, 15) is 9.59 Å². The monoisotopic (exact) mass is 419 g/mol. The van der Waals surface area contributed by atoms with Crippen molar-refractivity contribution in [2.75, 3.05) is 11.9 Å². The molecule has 4 N–H and O–H groups in total. The van der Waals surface area contributed by atoms with E-state index in [0.717, 1.165) is 5.56 Å². The number of amides is 1. The first-order valence-electron chi connectivity index (χ1n) is 8.28. The van der Waals surface area contributed by atoms with Crippen molar-refractivity contribution in [3.8, 4) is 0 Å². The number of aliphatic carboxylic acids is 1. The molecule has 0 fully saturated rings. The van der Waals surface area contributed by atoms with Crippen LogP contribution < -0.4 is 10.6 Å². The number of nitrogens with one attached hydrogen (secondary N) is 3. The number of hydrogen-bond acceptors (Lipinski definition) is 4. The topological polar surface area (TPSA) is 102 Å². The van der Waals surface area contributed by atoms with Crippen LogP contribution in [0.2, 0.25) is 10.0 Å². The number of benzene rings is 2. The summed E-state index contributed by atoms with van der Waals surface area (Å²) in [4.78, 5) is 22.8. The SMILES string of the molecule is C/C(C(=N)C(=O)NCC(=O)O)=C(/Nc1ccc(C)cc1Cl)c1ccc(Cl)cc1. The Bertz CT molecular complexity index is 954. The summed E-state index contributed by atoms with van der Waals surface area (Å²) in [5.74, 6) is -1.98. The summed E-state index contributed by atoms with van der Waals surface area (Å²) in [5, 5.41) is 23.3. The van der Waals surface area contributed by atoms with Crippen molar-refractivity contribution in [3.63, 3.8) is 0 Å². The highest BCUT2D eigenvalue weighted by atomic mass is 35.5. The molecule has 0 aromatic heterocycles. The second-order valence-corrected chi connectivity index (χ2v) is 6.91. The summed E-state index contributed by atoms with van der Waals surface area (Å²) in [7, 11) is 0. The summed E-state index contributed by atoms with van der Waals surface area (Å²) in [6.45, 7) is 2.95. The fourth-order valence-corrected chi connectivity index (χ4v) is 2.80. The van der Waals surface area contributed by atoms with Gasteiger partial charge < -0.3 is 15.7 Å². The Morgan fingerprint density at radius 1 is 1.11 bits per heavy atom. The van der Waals surface area contributed by atoms with Gasteiger partial charge in [0, 0.05) is 10.6 Å². The molecule has 0 atom stereocenters. The van der Waals surface area contributed by atoms with Gasteiger partial charge in [0.05, 0.1) is 16.4 Å². The minimum Gasteiger partial charge on any atom is -0.480 e. The van der Waals surface area contributed by atoms with Crippen LogP contribution >= 0.6 is 23.2 Å². The molecule has 0 aliphatic carbocycles. The van der Waals surface area contributed by atoms with E-state index in [1.54, 1.807) is 43.3 Å². The average Bonchev–Trinajstić information content (AvgIpc) is 2.65. The molecule has 0 radical (unpaired) electrons. The second kappa shape index (κ2) is 9.39. The molecule has 146 valence electrons. The van der Waals surface area contributed by atoms with Crippen LogP contribution in [0.1, 0.15) is 18.1 Å². The lowest BCUT2D eigenvalue weighted by Gasteiger charge is -2.17. The maximum absolute atomic E-state index is 12.1. The first-order valence-corrected chi connectivity index (χ1v) is 9.03. The van der Waals surface area contributed by atoms with Crippen molar-refractivity contribution in [1.82, 2.24) is 5.32 Å². The third-order valence-corrected chi connectivity index (χ3v) is 4.46. The predicted molar refractivity (Wildman–Crippen MR) is 112 cm³/mol. The van der Waals surface area contributed by atoms with Crippen LogP contribution in [0.15, 0.2) is 48.0 Å². The molecule has 0 bridgehead atoms. The lowest BCUT2D eigenvalue weighted by atomic mass is 10.0. The van der Waals surface area contributed by atoms with E-state index >= 15 is 0 Å². The molecule has 28 heavy (non-hydrogen) atoms. The summed E-state index contributed by atoms with van der Waals surface area (Å²) >= 11 is 12.3. The number of rotatable bonds is 7. The molecule has 0 aliphatic rings. The summed E-state index contributed by atoms with van der Waals surface area (Å²) in [5.41, 5.74) is 2.73. The predicted octanol–water partition coefficient (Wildman–Crippen LogP) is 4.37. The fourth-order valence-electron chi connectivity index (χ4n) is 2.39. The van der Waals surface area contributed by atoms with Crippen molar-refractivity contribution in [2.45, 2.75) is 13.8 Å². The van der Waals surface area contributed by atoms with E-state index in [1.807, 2.05) is 13.0 Å². The van der Waals surface area contributed by atoms with Crippen LogP contribution in [-0.4, -0.2) is 29.2 Å². The first kappa shape index (κ1) is 21.5. The van der Waals surface area contributed by atoms with Crippen molar-refractivity contribution in [3.05, 3.63) is 69.2 Å². The quantitative estimate of drug-likeness (QED) is 0.500. The Balaban J connectivity index is 2.45. The van der Waals surface area contributed by atoms with Gasteiger partial charge in [-0.2, -0.15) is 0 Å². The lowest BCUT2D eigenvalue weighted by Crippen LogP contribution is -2.35. The van der Waals surface area contributed by atoms with Crippen molar-refractivity contribution in [2.24, 2.45) is 0 Å². The third kappa shape index (κ3) is 5.58. The van der Waals surface area contributed by atoms with Gasteiger partial charge in [-0.15, -0.1) is 0 Å². The van der Waals surface area contributed by atoms with Gasteiger partial charge in [-0.3, -0.25) is 15.0 Å². The molecule has 2 rings (SSSR count). The third-order valence-electron chi connectivity index (χ3n) is 3.89. The van der Waals surface area contributed by atoms with Crippen LogP contribution in [-0.2, 0) is 9.59 Å². The molecular formula is C20H19Cl2N3O3. The average molecular weight is 420 g/mol. The van der Waals surface area contributed by atoms with E-state index in [4.69, 9.17) is 33.7 Å². The summed E-state index contributed by atoms with van der Waals surface area (Å²) in [6.07, 6.45) is 0. The number of carboxylic acids is 1. The highest BCUT2D eigenvalue weighted by Crippen LogP contribution is 2.29. The van der Waals surface area contributed by atoms with Crippen LogP contribution in [0.5, 0.6) is 0 Å². The molecule has 0 unspecified atom stereocenters. The van der Waals surface area contributed by atoms with E-state index < -0.39 is 18.4 Å². The molecule has 1 amide bonds. The van der Waals surface area contributed by atoms with E-state index in [1.165, 1.54) is 0 Å². The zero-order valence-electron chi connectivity index (χ0n) is 15.3. The number of aryl methyl sites for hydroxylation is 1. The largest absolute Gasteiger partial charge is 0.480 e. The Labute approximate surface area is 172 Å². The number of carbonyl (C=O) groups excluding carboxylic acids is 1. The van der Waals surface area contributed by atoms with Gasteiger partial charge in [-0.1, -0.05) is 41.4 Å². The van der Waals surface area contributed by atoms with E-state index in [2.05, 4.69) is 10.6 Å². The Morgan fingerprint density at radius 3 is 2.32 bits per heavy atom. The molecule has 2 aromatic rings. The number of hydrogen-bond donors (Lipinski definition) is 4. The van der Waals surface area contributed by atoms with Crippen molar-refractivity contribution in [1.29, 1.82) is 5.41 Å². The zero-order valence-corrected chi connectivity index (χ0v) is 16.8. The summed E-state index contributed by atoms with van der Waals surface area (Å²) < 4.78 is 0. The molecule has 0 spiro atoms. The number of anilines is 1. The molecule has 0 aliphatic heterocycles. The molecule has 2 aromatic carbocycles. The zero-order chi connectivity index (χ0) is 20.8. The van der Waals surface area contributed by atoms with Crippen LogP contribution in [0.25, 0.3) is 5.70 Å². The first-order chi connectivity index (χ1) is 13.2. The Kier molecular flexibility index (Phi) is 7.20. The van der Waals surface area contributed by atoms with Gasteiger partial charge in [0.2, 0.25) is 0 Å². The van der Waals surface area contributed by atoms with Gasteiger partial charge in [-0.25, -0.2) is 0 Å². The smallest absolute Gasteiger partial charge is 0.322 e. The van der Waals surface area contributed by atoms with Crippen LogP contribution in [0, 0.1) is 12.3 Å². The minimum absolute atomic E-state index is 0.321. The van der Waals surface area contributed by atoms with Gasteiger partial charge in [0.15, 0.2) is 0 Å². The maximum atomic E-state index is 12.1. The molecule has 8 heteroatoms. The number of halogens is 2. The molecule has 0 saturated heterocycles. The summed E-state index contributed by atoms with van der Waals surface area (Å²) in [6, 6.07) is 12.4. The van der Waals surface area contributed by atoms with Crippen molar-refractivity contribution < 1.29 is 14.7 Å². The molecule has 0 heterocycles. The maximum Gasteiger partial charge on any atom is 0.322 e. The normalized spacial score (nSPS) is 11.4.